The minimum atomic E-state index is 0.358. The molecule has 32 heavy (non-hydrogen) atoms. The van der Waals surface area contributed by atoms with Crippen LogP contribution >= 0.6 is 0 Å². The summed E-state index contributed by atoms with van der Waals surface area (Å²) >= 11 is 0. The second-order valence-electron chi connectivity index (χ2n) is 8.62. The zero-order valence-corrected chi connectivity index (χ0v) is 19.6. The highest BCUT2D eigenvalue weighted by atomic mass is 14.2. The first kappa shape index (κ1) is 21.8. The summed E-state index contributed by atoms with van der Waals surface area (Å²) in [5.74, 6) is 0.358. The van der Waals surface area contributed by atoms with Gasteiger partial charge >= 0.3 is 0 Å². The standard InChI is InChI=1S/C32H32/c1-5-29(27-16-7-6-8-17-27)32-25(4)31(30-18-12-10-14-24(30)3)22-21-28(32)20-19-26-15-11-9-13-23(26)2/h6-22,29H,5H2,1-4H3/b20-19-. The van der Waals surface area contributed by atoms with Crippen molar-refractivity contribution in [1.29, 1.82) is 0 Å². The summed E-state index contributed by atoms with van der Waals surface area (Å²) in [6.45, 7) is 8.97. The maximum absolute atomic E-state index is 2.31. The zero-order valence-electron chi connectivity index (χ0n) is 19.6. The van der Waals surface area contributed by atoms with Gasteiger partial charge in [0.2, 0.25) is 0 Å². The van der Waals surface area contributed by atoms with E-state index in [2.05, 4.69) is 131 Å². The van der Waals surface area contributed by atoms with Crippen LogP contribution in [0.15, 0.2) is 91.0 Å². The van der Waals surface area contributed by atoms with Crippen LogP contribution in [0.2, 0.25) is 0 Å². The molecule has 0 aliphatic rings. The molecule has 0 aromatic heterocycles. The highest BCUT2D eigenvalue weighted by Crippen LogP contribution is 2.38. The molecule has 1 atom stereocenters. The average molecular weight is 417 g/mol. The van der Waals surface area contributed by atoms with Gasteiger partial charge in [0.15, 0.2) is 0 Å². The molecule has 0 N–H and O–H groups in total. The third-order valence-electron chi connectivity index (χ3n) is 6.57. The Morgan fingerprint density at radius 2 is 1.22 bits per heavy atom. The molecule has 4 aromatic rings. The van der Waals surface area contributed by atoms with Gasteiger partial charge in [0.1, 0.15) is 0 Å². The van der Waals surface area contributed by atoms with Crippen molar-refractivity contribution in [2.45, 2.75) is 40.0 Å². The summed E-state index contributed by atoms with van der Waals surface area (Å²) < 4.78 is 0. The average Bonchev–Trinajstić information content (AvgIpc) is 2.82. The summed E-state index contributed by atoms with van der Waals surface area (Å²) in [5.41, 5.74) is 12.0. The topological polar surface area (TPSA) is 0 Å². The molecule has 4 aromatic carbocycles. The Kier molecular flexibility index (Phi) is 6.71. The number of hydrogen-bond acceptors (Lipinski definition) is 0. The van der Waals surface area contributed by atoms with Gasteiger partial charge in [-0.3, -0.25) is 0 Å². The lowest BCUT2D eigenvalue weighted by Crippen LogP contribution is -2.06. The maximum atomic E-state index is 2.31. The maximum Gasteiger partial charge on any atom is 0.00954 e. The van der Waals surface area contributed by atoms with Crippen molar-refractivity contribution in [2.75, 3.05) is 0 Å². The molecule has 0 aliphatic carbocycles. The largest absolute Gasteiger partial charge is 0.0645 e. The van der Waals surface area contributed by atoms with Gasteiger partial charge in [-0.05, 0) is 77.3 Å². The first-order chi connectivity index (χ1) is 15.6. The Morgan fingerprint density at radius 3 is 1.91 bits per heavy atom. The van der Waals surface area contributed by atoms with Crippen molar-refractivity contribution >= 4 is 12.2 Å². The van der Waals surface area contributed by atoms with Crippen LogP contribution in [-0.2, 0) is 0 Å². The summed E-state index contributed by atoms with van der Waals surface area (Å²) in [6, 6.07) is 32.8. The highest BCUT2D eigenvalue weighted by Gasteiger charge is 2.20. The van der Waals surface area contributed by atoms with E-state index in [1.165, 1.54) is 50.1 Å². The molecule has 0 aliphatic heterocycles. The van der Waals surface area contributed by atoms with Gasteiger partial charge in [-0.15, -0.1) is 0 Å². The molecule has 0 saturated heterocycles. The Hall–Kier alpha value is -3.38. The molecule has 0 nitrogen and oxygen atoms in total. The molecule has 0 saturated carbocycles. The van der Waals surface area contributed by atoms with Gasteiger partial charge in [0.25, 0.3) is 0 Å². The summed E-state index contributed by atoms with van der Waals surface area (Å²) in [7, 11) is 0. The van der Waals surface area contributed by atoms with Crippen LogP contribution in [0.4, 0.5) is 0 Å². The van der Waals surface area contributed by atoms with Gasteiger partial charge in [-0.2, -0.15) is 0 Å². The van der Waals surface area contributed by atoms with E-state index in [9.17, 15) is 0 Å². The third-order valence-corrected chi connectivity index (χ3v) is 6.57. The van der Waals surface area contributed by atoms with Crippen LogP contribution in [0.25, 0.3) is 23.3 Å². The number of benzene rings is 4. The molecule has 4 rings (SSSR count). The first-order valence-electron chi connectivity index (χ1n) is 11.6. The molecule has 0 bridgehead atoms. The van der Waals surface area contributed by atoms with Gasteiger partial charge in [-0.1, -0.05) is 110 Å². The summed E-state index contributed by atoms with van der Waals surface area (Å²) in [4.78, 5) is 0. The van der Waals surface area contributed by atoms with Crippen molar-refractivity contribution in [3.8, 4) is 11.1 Å². The number of aryl methyl sites for hydroxylation is 2. The second-order valence-corrected chi connectivity index (χ2v) is 8.62. The van der Waals surface area contributed by atoms with Crippen molar-refractivity contribution in [1.82, 2.24) is 0 Å². The fraction of sp³-hybridized carbons (Fsp3) is 0.188. The Labute approximate surface area is 193 Å². The summed E-state index contributed by atoms with van der Waals surface area (Å²) in [5, 5.41) is 0. The lowest BCUT2D eigenvalue weighted by molar-refractivity contribution is 0.770. The van der Waals surface area contributed by atoms with E-state index >= 15 is 0 Å². The summed E-state index contributed by atoms with van der Waals surface area (Å²) in [6.07, 6.45) is 5.63. The molecular weight excluding hydrogens is 384 g/mol. The van der Waals surface area contributed by atoms with Crippen molar-refractivity contribution in [3.63, 3.8) is 0 Å². The number of hydrogen-bond donors (Lipinski definition) is 0. The Balaban J connectivity index is 1.91. The van der Waals surface area contributed by atoms with Gasteiger partial charge in [0, 0.05) is 5.92 Å². The minimum absolute atomic E-state index is 0.358. The van der Waals surface area contributed by atoms with Crippen LogP contribution in [0.5, 0.6) is 0 Å². The third kappa shape index (κ3) is 4.46. The molecule has 0 radical (unpaired) electrons. The van der Waals surface area contributed by atoms with Crippen LogP contribution in [0.3, 0.4) is 0 Å². The first-order valence-corrected chi connectivity index (χ1v) is 11.6. The molecule has 0 heteroatoms. The van der Waals surface area contributed by atoms with Gasteiger partial charge < -0.3 is 0 Å². The molecule has 0 heterocycles. The van der Waals surface area contributed by atoms with E-state index in [1.807, 2.05) is 0 Å². The van der Waals surface area contributed by atoms with Gasteiger partial charge in [0.05, 0.1) is 0 Å². The number of rotatable bonds is 6. The zero-order chi connectivity index (χ0) is 22.5. The van der Waals surface area contributed by atoms with Crippen molar-refractivity contribution in [3.05, 3.63) is 130 Å². The lowest BCUT2D eigenvalue weighted by Gasteiger charge is -2.24. The molecule has 0 fully saturated rings. The van der Waals surface area contributed by atoms with Crippen LogP contribution in [-0.4, -0.2) is 0 Å². The monoisotopic (exact) mass is 416 g/mol. The fourth-order valence-electron chi connectivity index (χ4n) is 4.77. The molecule has 0 amide bonds. The molecular formula is C32H32. The van der Waals surface area contributed by atoms with E-state index in [4.69, 9.17) is 0 Å². The smallest absolute Gasteiger partial charge is 0.00954 e. The van der Waals surface area contributed by atoms with Crippen molar-refractivity contribution in [2.24, 2.45) is 0 Å². The predicted molar refractivity (Wildman–Crippen MR) is 140 cm³/mol. The highest BCUT2D eigenvalue weighted by molar-refractivity contribution is 5.79. The molecule has 160 valence electrons. The van der Waals surface area contributed by atoms with E-state index in [0.29, 0.717) is 5.92 Å². The molecule has 0 spiro atoms. The van der Waals surface area contributed by atoms with Crippen LogP contribution < -0.4 is 0 Å². The van der Waals surface area contributed by atoms with E-state index < -0.39 is 0 Å². The van der Waals surface area contributed by atoms with Crippen LogP contribution in [0.1, 0.15) is 58.2 Å². The fourth-order valence-corrected chi connectivity index (χ4v) is 4.77. The lowest BCUT2D eigenvalue weighted by atomic mass is 9.80. The van der Waals surface area contributed by atoms with E-state index in [-0.39, 0.29) is 0 Å². The second kappa shape index (κ2) is 9.83. The van der Waals surface area contributed by atoms with E-state index in [1.54, 1.807) is 0 Å². The Morgan fingerprint density at radius 1 is 0.594 bits per heavy atom. The van der Waals surface area contributed by atoms with E-state index in [0.717, 1.165) is 6.42 Å². The quantitative estimate of drug-likeness (QED) is 0.275. The molecule has 1 unspecified atom stereocenters. The SMILES string of the molecule is CCC(c1ccccc1)c1c(/C=C\c2ccccc2C)ccc(-c2ccccc2C)c1C. The predicted octanol–water partition coefficient (Wildman–Crippen LogP) is 8.99. The Bertz CT molecular complexity index is 1230. The van der Waals surface area contributed by atoms with Crippen LogP contribution in [0, 0.1) is 20.8 Å². The van der Waals surface area contributed by atoms with Gasteiger partial charge in [-0.25, -0.2) is 0 Å². The van der Waals surface area contributed by atoms with Crippen molar-refractivity contribution < 1.29 is 0 Å². The minimum Gasteiger partial charge on any atom is -0.0645 e. The normalized spacial score (nSPS) is 12.2.